The van der Waals surface area contributed by atoms with Crippen LogP contribution in [0.2, 0.25) is 0 Å². The second kappa shape index (κ2) is 7.81. The van der Waals surface area contributed by atoms with Crippen molar-refractivity contribution in [3.8, 4) is 11.3 Å². The van der Waals surface area contributed by atoms with Gasteiger partial charge in [-0.25, -0.2) is 10.4 Å². The number of nitrogens with zero attached hydrogens (tertiary/aromatic N) is 3. The minimum atomic E-state index is -0.249. The third-order valence-electron chi connectivity index (χ3n) is 5.60. The minimum absolute atomic E-state index is 0.0626. The lowest BCUT2D eigenvalue weighted by molar-refractivity contribution is -0.134. The molecule has 3 unspecified atom stereocenters. The van der Waals surface area contributed by atoms with Crippen molar-refractivity contribution < 1.29 is 4.79 Å². The first kappa shape index (κ1) is 18.8. The lowest BCUT2D eigenvalue weighted by Gasteiger charge is -2.26. The number of likely N-dealkylation sites (tertiary alicyclic amines) is 1. The molecule has 2 aromatic heterocycles. The molecule has 0 radical (unpaired) electrons. The van der Waals surface area contributed by atoms with Gasteiger partial charge in [-0.15, -0.1) is 0 Å². The van der Waals surface area contributed by atoms with Gasteiger partial charge in [0.05, 0.1) is 11.7 Å². The molecular weight excluding hydrogens is 356 g/mol. The van der Waals surface area contributed by atoms with Crippen LogP contribution in [0.1, 0.15) is 45.0 Å². The van der Waals surface area contributed by atoms with E-state index in [0.29, 0.717) is 24.0 Å². The Balaban J connectivity index is 1.58. The van der Waals surface area contributed by atoms with E-state index in [1.54, 1.807) is 12.4 Å². The molecule has 0 bridgehead atoms. The number of pyridine rings is 1. The highest BCUT2D eigenvalue weighted by atomic mass is 16.2. The predicted molar refractivity (Wildman–Crippen MR) is 105 cm³/mol. The summed E-state index contributed by atoms with van der Waals surface area (Å²) in [5, 5.41) is 0. The molecule has 3 N–H and O–H groups in total. The number of hydrogen-bond acceptors (Lipinski definition) is 6. The van der Waals surface area contributed by atoms with Gasteiger partial charge < -0.3 is 9.88 Å². The van der Waals surface area contributed by atoms with E-state index in [1.165, 1.54) is 6.07 Å². The van der Waals surface area contributed by atoms with Crippen molar-refractivity contribution in [3.05, 3.63) is 46.8 Å². The Morgan fingerprint density at radius 1 is 1.32 bits per heavy atom. The summed E-state index contributed by atoms with van der Waals surface area (Å²) in [5.74, 6) is 1.06. The molecule has 2 aromatic rings. The molecule has 8 nitrogen and oxygen atoms in total. The molecule has 0 aliphatic carbocycles. The van der Waals surface area contributed by atoms with Crippen LogP contribution in [0.5, 0.6) is 0 Å². The van der Waals surface area contributed by atoms with E-state index < -0.39 is 0 Å². The largest absolute Gasteiger partial charge is 0.331 e. The van der Waals surface area contributed by atoms with Gasteiger partial charge in [0.1, 0.15) is 11.9 Å². The molecule has 0 aromatic carbocycles. The van der Waals surface area contributed by atoms with E-state index in [4.69, 9.17) is 0 Å². The van der Waals surface area contributed by atoms with E-state index in [9.17, 15) is 9.59 Å². The molecule has 0 spiro atoms. The number of hydrazine groups is 1. The van der Waals surface area contributed by atoms with Crippen molar-refractivity contribution in [3.63, 3.8) is 0 Å². The summed E-state index contributed by atoms with van der Waals surface area (Å²) in [4.78, 5) is 38.8. The molecule has 0 saturated carbocycles. The molecule has 2 fully saturated rings. The first-order valence-electron chi connectivity index (χ1n) is 9.86. The minimum Gasteiger partial charge on any atom is -0.331 e. The van der Waals surface area contributed by atoms with Crippen LogP contribution in [-0.4, -0.2) is 44.4 Å². The molecule has 1 amide bonds. The quantitative estimate of drug-likeness (QED) is 0.738. The van der Waals surface area contributed by atoms with E-state index in [0.717, 1.165) is 24.8 Å². The third kappa shape index (κ3) is 3.70. The highest BCUT2D eigenvalue weighted by molar-refractivity contribution is 5.83. The number of nitrogens with one attached hydrogen (secondary N) is 3. The molecule has 4 rings (SSSR count). The van der Waals surface area contributed by atoms with E-state index in [-0.39, 0.29) is 29.6 Å². The summed E-state index contributed by atoms with van der Waals surface area (Å²) in [7, 11) is 0. The van der Waals surface area contributed by atoms with Gasteiger partial charge >= 0.3 is 0 Å². The molecule has 3 atom stereocenters. The topological polar surface area (TPSA) is 103 Å². The fourth-order valence-corrected chi connectivity index (χ4v) is 3.99. The normalized spacial score (nSPS) is 24.8. The Bertz CT molecular complexity index is 897. The van der Waals surface area contributed by atoms with Gasteiger partial charge in [0.25, 0.3) is 5.56 Å². The third-order valence-corrected chi connectivity index (χ3v) is 5.60. The van der Waals surface area contributed by atoms with Crippen molar-refractivity contribution in [1.82, 2.24) is 30.7 Å². The maximum absolute atomic E-state index is 13.1. The van der Waals surface area contributed by atoms with E-state index in [1.807, 2.05) is 17.0 Å². The summed E-state index contributed by atoms with van der Waals surface area (Å²) in [6, 6.07) is 4.97. The van der Waals surface area contributed by atoms with Gasteiger partial charge in [-0.1, -0.05) is 13.8 Å². The van der Waals surface area contributed by atoms with Gasteiger partial charge in [-0.2, -0.15) is 0 Å². The Labute approximate surface area is 163 Å². The number of aromatic nitrogens is 3. The number of rotatable bonds is 4. The lowest BCUT2D eigenvalue weighted by atomic mass is 9.99. The maximum Gasteiger partial charge on any atom is 0.251 e. The standard InChI is InChI=1S/C20H26N6O2/c1-12(2)14-9-16(25-24-14)20(28)26-8-4-6-17(26)19-22-15(10-18(27)23-19)13-5-3-7-21-11-13/h3,5,7,10-12,14,16-17,24-25H,4,6,8-9H2,1-2H3,(H,22,23,27). The Kier molecular flexibility index (Phi) is 5.23. The van der Waals surface area contributed by atoms with Crippen LogP contribution in [0.25, 0.3) is 11.3 Å². The lowest BCUT2D eigenvalue weighted by Crippen LogP contribution is -2.46. The van der Waals surface area contributed by atoms with Crippen LogP contribution in [-0.2, 0) is 4.79 Å². The highest BCUT2D eigenvalue weighted by Crippen LogP contribution is 2.31. The Morgan fingerprint density at radius 2 is 2.18 bits per heavy atom. The van der Waals surface area contributed by atoms with E-state index >= 15 is 0 Å². The van der Waals surface area contributed by atoms with Crippen molar-refractivity contribution in [2.24, 2.45) is 5.92 Å². The van der Waals surface area contributed by atoms with Crippen LogP contribution >= 0.6 is 0 Å². The average Bonchev–Trinajstić information content (AvgIpc) is 3.37. The summed E-state index contributed by atoms with van der Waals surface area (Å²) >= 11 is 0. The second-order valence-electron chi connectivity index (χ2n) is 7.87. The number of carbonyl (C=O) groups excluding carboxylic acids is 1. The molecule has 2 aliphatic rings. The second-order valence-corrected chi connectivity index (χ2v) is 7.87. The van der Waals surface area contributed by atoms with Crippen molar-refractivity contribution in [2.45, 2.75) is 51.2 Å². The van der Waals surface area contributed by atoms with Gasteiger partial charge in [0.2, 0.25) is 5.91 Å². The fraction of sp³-hybridized carbons (Fsp3) is 0.500. The van der Waals surface area contributed by atoms with Crippen LogP contribution in [0.4, 0.5) is 0 Å². The Morgan fingerprint density at radius 3 is 2.89 bits per heavy atom. The molecule has 148 valence electrons. The molecule has 2 aliphatic heterocycles. The van der Waals surface area contributed by atoms with Gasteiger partial charge in [0.15, 0.2) is 0 Å². The van der Waals surface area contributed by atoms with Crippen molar-refractivity contribution in [1.29, 1.82) is 0 Å². The first-order valence-corrected chi connectivity index (χ1v) is 9.86. The van der Waals surface area contributed by atoms with Gasteiger partial charge in [-0.05, 0) is 37.3 Å². The highest BCUT2D eigenvalue weighted by Gasteiger charge is 2.39. The number of amides is 1. The summed E-state index contributed by atoms with van der Waals surface area (Å²) in [6.07, 6.45) is 5.81. The smallest absolute Gasteiger partial charge is 0.251 e. The molecule has 4 heterocycles. The van der Waals surface area contributed by atoms with Crippen LogP contribution < -0.4 is 16.4 Å². The predicted octanol–water partition coefficient (Wildman–Crippen LogP) is 1.39. The zero-order valence-electron chi connectivity index (χ0n) is 16.2. The Hall–Kier alpha value is -2.58. The van der Waals surface area contributed by atoms with E-state index in [2.05, 4.69) is 39.7 Å². The number of hydrogen-bond donors (Lipinski definition) is 3. The zero-order valence-corrected chi connectivity index (χ0v) is 16.2. The van der Waals surface area contributed by atoms with Gasteiger partial charge in [-0.3, -0.25) is 20.0 Å². The number of aromatic amines is 1. The number of carbonyl (C=O) groups is 1. The van der Waals surface area contributed by atoms with Crippen LogP contribution in [0.3, 0.4) is 0 Å². The zero-order chi connectivity index (χ0) is 19.7. The van der Waals surface area contributed by atoms with Gasteiger partial charge in [0, 0.05) is 36.6 Å². The number of H-pyrrole nitrogens is 1. The SMILES string of the molecule is CC(C)C1CC(C(=O)N2CCCC2c2nc(-c3cccnc3)cc(=O)[nH]2)NN1. The van der Waals surface area contributed by atoms with Crippen LogP contribution in [0, 0.1) is 5.92 Å². The monoisotopic (exact) mass is 382 g/mol. The first-order chi connectivity index (χ1) is 13.5. The fourth-order valence-electron chi connectivity index (χ4n) is 3.99. The molecule has 8 heteroatoms. The van der Waals surface area contributed by atoms with Crippen molar-refractivity contribution in [2.75, 3.05) is 6.54 Å². The summed E-state index contributed by atoms with van der Waals surface area (Å²) in [6.45, 7) is 4.96. The molecule has 28 heavy (non-hydrogen) atoms. The van der Waals surface area contributed by atoms with Crippen LogP contribution in [0.15, 0.2) is 35.4 Å². The molecular formula is C20H26N6O2. The van der Waals surface area contributed by atoms with Crippen molar-refractivity contribution >= 4 is 5.91 Å². The molecule has 2 saturated heterocycles. The summed E-state index contributed by atoms with van der Waals surface area (Å²) in [5.41, 5.74) is 7.51. The maximum atomic E-state index is 13.1. The summed E-state index contributed by atoms with van der Waals surface area (Å²) < 4.78 is 0. The average molecular weight is 382 g/mol.